The van der Waals surface area contributed by atoms with Crippen LogP contribution < -0.4 is 4.72 Å². The largest absolute Gasteiger partial charge is 0.336 e. The average molecular weight is 635 g/mol. The van der Waals surface area contributed by atoms with Crippen LogP contribution in [0.3, 0.4) is 0 Å². The van der Waals surface area contributed by atoms with Crippen LogP contribution in [-0.2, 0) is 10.0 Å². The number of benzene rings is 2. The van der Waals surface area contributed by atoms with E-state index in [1.807, 2.05) is 38.3 Å². The number of para-hydroxylation sites is 1. The number of halogens is 1. The van der Waals surface area contributed by atoms with Crippen molar-refractivity contribution < 1.29 is 17.6 Å². The number of carbonyl (C=O) groups is 1. The van der Waals surface area contributed by atoms with Gasteiger partial charge in [-0.2, -0.15) is 0 Å². The molecule has 2 fully saturated rings. The van der Waals surface area contributed by atoms with Crippen LogP contribution >= 0.6 is 0 Å². The third-order valence-electron chi connectivity index (χ3n) is 9.71. The summed E-state index contributed by atoms with van der Waals surface area (Å²) in [6.45, 7) is 8.85. The molecule has 3 unspecified atom stereocenters. The number of sulfonamides is 1. The number of anilines is 1. The number of aliphatic imine (C=N–C) groups is 1. The Morgan fingerprint density at radius 3 is 2.42 bits per heavy atom. The fourth-order valence-electron chi connectivity index (χ4n) is 6.78. The maximum absolute atomic E-state index is 15.7. The van der Waals surface area contributed by atoms with Gasteiger partial charge in [0, 0.05) is 50.2 Å². The van der Waals surface area contributed by atoms with E-state index in [0.29, 0.717) is 61.2 Å². The third-order valence-corrected chi connectivity index (χ3v) is 11.1. The van der Waals surface area contributed by atoms with Crippen LogP contribution in [0.25, 0.3) is 0 Å². The molecule has 4 aliphatic heterocycles. The first-order valence-corrected chi connectivity index (χ1v) is 17.9. The summed E-state index contributed by atoms with van der Waals surface area (Å²) >= 11 is 0. The van der Waals surface area contributed by atoms with Crippen molar-refractivity contribution >= 4 is 33.5 Å². The van der Waals surface area contributed by atoms with Crippen molar-refractivity contribution in [1.82, 2.24) is 9.80 Å². The van der Waals surface area contributed by atoms with E-state index in [4.69, 9.17) is 4.99 Å². The van der Waals surface area contributed by atoms with Crippen molar-refractivity contribution in [2.75, 3.05) is 37.4 Å². The summed E-state index contributed by atoms with van der Waals surface area (Å²) in [6, 6.07) is 11.8. The van der Waals surface area contributed by atoms with Gasteiger partial charge in [-0.3, -0.25) is 19.4 Å². The third kappa shape index (κ3) is 8.30. The summed E-state index contributed by atoms with van der Waals surface area (Å²) in [6.07, 6.45) is 13.0. The molecule has 6 bridgehead atoms. The number of piperazine rings is 1. The van der Waals surface area contributed by atoms with Crippen molar-refractivity contribution in [2.24, 2.45) is 22.7 Å². The molecule has 1 aliphatic carbocycles. The SMILES string of the molecule is CC=C1CN2CCN(CC2)C(=O)c2ccc(cc2)NS(=O)(=O)c2cccc(C)c2N=CC2CCCCCC(CC2)C(C)C=C1F. The second-order valence-corrected chi connectivity index (χ2v) is 14.5. The number of carbonyl (C=O) groups excluding carboxylic acids is 1. The molecule has 1 N–H and O–H groups in total. The van der Waals surface area contributed by atoms with Crippen LogP contribution in [0.2, 0.25) is 0 Å². The molecule has 3 atom stereocenters. The highest BCUT2D eigenvalue weighted by molar-refractivity contribution is 7.92. The smallest absolute Gasteiger partial charge is 0.264 e. The van der Waals surface area contributed by atoms with Gasteiger partial charge in [0.05, 0.1) is 5.69 Å². The number of hydrogen-bond donors (Lipinski definition) is 1. The lowest BCUT2D eigenvalue weighted by molar-refractivity contribution is 0.0647. The molecule has 2 aromatic carbocycles. The van der Waals surface area contributed by atoms with Crippen LogP contribution in [0.15, 0.2) is 75.9 Å². The van der Waals surface area contributed by atoms with E-state index in [2.05, 4.69) is 16.5 Å². The molecule has 0 aromatic heterocycles. The Bertz CT molecular complexity index is 1540. The first-order valence-electron chi connectivity index (χ1n) is 16.5. The minimum Gasteiger partial charge on any atom is -0.336 e. The second-order valence-electron chi connectivity index (χ2n) is 12.9. The van der Waals surface area contributed by atoms with E-state index < -0.39 is 10.0 Å². The molecule has 2 aromatic rings. The van der Waals surface area contributed by atoms with Gasteiger partial charge in [-0.25, -0.2) is 12.8 Å². The molecule has 1 saturated heterocycles. The van der Waals surface area contributed by atoms with E-state index >= 15 is 4.39 Å². The maximum Gasteiger partial charge on any atom is 0.264 e. The summed E-state index contributed by atoms with van der Waals surface area (Å²) in [7, 11) is -3.94. The minimum absolute atomic E-state index is 0.0981. The molecule has 9 heteroatoms. The Kier molecular flexibility index (Phi) is 10.9. The summed E-state index contributed by atoms with van der Waals surface area (Å²) < 4.78 is 45.6. The number of fused-ring (bicyclic) bond motifs is 2. The lowest BCUT2D eigenvalue weighted by atomic mass is 9.83. The van der Waals surface area contributed by atoms with Gasteiger partial charge in [-0.05, 0) is 105 Å². The molecule has 1 saturated carbocycles. The van der Waals surface area contributed by atoms with Gasteiger partial charge >= 0.3 is 0 Å². The summed E-state index contributed by atoms with van der Waals surface area (Å²) in [4.78, 5) is 22.2. The molecule has 5 aliphatic rings. The fourth-order valence-corrected chi connectivity index (χ4v) is 8.06. The monoisotopic (exact) mass is 634 g/mol. The van der Waals surface area contributed by atoms with Gasteiger partial charge < -0.3 is 4.90 Å². The van der Waals surface area contributed by atoms with Gasteiger partial charge in [0.25, 0.3) is 15.9 Å². The van der Waals surface area contributed by atoms with E-state index in [1.165, 1.54) is 0 Å². The van der Waals surface area contributed by atoms with E-state index in [9.17, 15) is 13.2 Å². The molecular formula is C36H47FN4O3S. The summed E-state index contributed by atoms with van der Waals surface area (Å²) in [5.74, 6) is 0.444. The Morgan fingerprint density at radius 1 is 0.956 bits per heavy atom. The van der Waals surface area contributed by atoms with Crippen LogP contribution in [0.1, 0.15) is 74.7 Å². The molecule has 7 rings (SSSR count). The standard InChI is InChI=1S/C36H47FN4O3S/c1-4-29-25-40-19-21-41(22-20-40)36(42)31-15-17-32(18-16-31)39-45(43,44)34-12-8-9-26(2)35(34)38-24-28-10-6-5-7-11-30(14-13-28)27(3)23-33(29)37/h4,8-9,12,15-18,23-24,27-28,30,39H,5-7,10-11,13-14,19-22,25H2,1-3H3. The maximum atomic E-state index is 15.7. The Balaban J connectivity index is 1.49. The van der Waals surface area contributed by atoms with Gasteiger partial charge in [-0.15, -0.1) is 0 Å². The molecular weight excluding hydrogens is 587 g/mol. The molecule has 7 nitrogen and oxygen atoms in total. The minimum atomic E-state index is -3.94. The predicted octanol–water partition coefficient (Wildman–Crippen LogP) is 7.68. The molecule has 0 radical (unpaired) electrons. The Morgan fingerprint density at radius 2 is 1.69 bits per heavy atom. The zero-order valence-corrected chi connectivity index (χ0v) is 27.7. The second kappa shape index (κ2) is 14.9. The first kappa shape index (κ1) is 33.1. The van der Waals surface area contributed by atoms with Crippen molar-refractivity contribution in [3.63, 3.8) is 0 Å². The number of nitrogens with zero attached hydrogens (tertiary/aromatic N) is 3. The predicted molar refractivity (Wildman–Crippen MR) is 180 cm³/mol. The fraction of sp³-hybridized carbons (Fsp3) is 0.500. The molecule has 1 amide bonds. The number of aryl methyl sites for hydroxylation is 1. The van der Waals surface area contributed by atoms with Gasteiger partial charge in [-0.1, -0.05) is 44.4 Å². The van der Waals surface area contributed by atoms with E-state index in [0.717, 1.165) is 50.5 Å². The van der Waals surface area contributed by atoms with Crippen molar-refractivity contribution in [3.8, 4) is 0 Å². The summed E-state index contributed by atoms with van der Waals surface area (Å²) in [5, 5.41) is 0. The lowest BCUT2D eigenvalue weighted by Crippen LogP contribution is -2.49. The van der Waals surface area contributed by atoms with Crippen molar-refractivity contribution in [3.05, 3.63) is 77.1 Å². The number of allylic oxidation sites excluding steroid dienone is 2. The average Bonchev–Trinajstić information content (AvgIpc) is 3.15. The first-order chi connectivity index (χ1) is 21.6. The van der Waals surface area contributed by atoms with Crippen LogP contribution in [0.4, 0.5) is 15.8 Å². The van der Waals surface area contributed by atoms with Crippen LogP contribution in [0.5, 0.6) is 0 Å². The van der Waals surface area contributed by atoms with Gasteiger partial charge in [0.1, 0.15) is 10.7 Å². The number of amides is 1. The highest BCUT2D eigenvalue weighted by Crippen LogP contribution is 2.34. The molecule has 45 heavy (non-hydrogen) atoms. The van der Waals surface area contributed by atoms with E-state index in [1.54, 1.807) is 41.3 Å². The van der Waals surface area contributed by atoms with Crippen LogP contribution in [-0.4, -0.2) is 63.1 Å². The summed E-state index contributed by atoms with van der Waals surface area (Å²) in [5.41, 5.74) is 2.81. The van der Waals surface area contributed by atoms with E-state index in [-0.39, 0.29) is 28.5 Å². The molecule has 4 heterocycles. The number of rotatable bonds is 0. The molecule has 0 spiro atoms. The molecule has 242 valence electrons. The van der Waals surface area contributed by atoms with Crippen molar-refractivity contribution in [2.45, 2.75) is 70.6 Å². The Labute approximate surface area is 268 Å². The van der Waals surface area contributed by atoms with Crippen LogP contribution in [0, 0.1) is 24.7 Å². The quantitative estimate of drug-likeness (QED) is 0.322. The van der Waals surface area contributed by atoms with Crippen molar-refractivity contribution in [1.29, 1.82) is 0 Å². The normalized spacial score (nSPS) is 26.4. The topological polar surface area (TPSA) is 82.1 Å². The highest BCUT2D eigenvalue weighted by Gasteiger charge is 2.26. The highest BCUT2D eigenvalue weighted by atomic mass is 32.2. The number of nitrogens with one attached hydrogen (secondary N) is 1. The zero-order chi connectivity index (χ0) is 32.0. The number of hydrogen-bond acceptors (Lipinski definition) is 5. The zero-order valence-electron chi connectivity index (χ0n) is 26.8. The van der Waals surface area contributed by atoms with Gasteiger partial charge in [0.2, 0.25) is 0 Å². The lowest BCUT2D eigenvalue weighted by Gasteiger charge is -2.35. The Hall–Kier alpha value is -3.30. The van der Waals surface area contributed by atoms with Gasteiger partial charge in [0.15, 0.2) is 0 Å².